The summed E-state index contributed by atoms with van der Waals surface area (Å²) in [6, 6.07) is 0.211. The van der Waals surface area contributed by atoms with Crippen LogP contribution in [0, 0.1) is 0 Å². The quantitative estimate of drug-likeness (QED) is 0.841. The number of nitrogens with one attached hydrogen (secondary N) is 1. The van der Waals surface area contributed by atoms with Crippen LogP contribution in [0.1, 0.15) is 13.3 Å². The lowest BCUT2D eigenvalue weighted by Crippen LogP contribution is -2.19. The zero-order chi connectivity index (χ0) is 9.68. The summed E-state index contributed by atoms with van der Waals surface area (Å²) < 4.78 is 0.880. The monoisotopic (exact) mass is 244 g/mol. The first-order valence-corrected chi connectivity index (χ1v) is 4.95. The third-order valence-corrected chi connectivity index (χ3v) is 1.91. The Labute approximate surface area is 86.1 Å². The summed E-state index contributed by atoms with van der Waals surface area (Å²) in [4.78, 5) is 8.13. The van der Waals surface area contributed by atoms with E-state index in [1.807, 2.05) is 6.92 Å². The second-order valence-electron chi connectivity index (χ2n) is 2.92. The molecule has 0 bridgehead atoms. The number of hydrogen-bond acceptors (Lipinski definition) is 4. The Morgan fingerprint density at radius 2 is 2.15 bits per heavy atom. The summed E-state index contributed by atoms with van der Waals surface area (Å²) in [6.45, 7) is 2.78. The summed E-state index contributed by atoms with van der Waals surface area (Å²) in [7, 11) is 0. The van der Waals surface area contributed by atoms with Crippen LogP contribution >= 0.6 is 15.9 Å². The van der Waals surface area contributed by atoms with Gasteiger partial charge in [-0.05, 0) is 29.3 Å². The lowest BCUT2D eigenvalue weighted by Gasteiger charge is -2.06. The van der Waals surface area contributed by atoms with Gasteiger partial charge in [0, 0.05) is 25.0 Å². The van der Waals surface area contributed by atoms with E-state index in [1.165, 1.54) is 0 Å². The van der Waals surface area contributed by atoms with Gasteiger partial charge in [0.25, 0.3) is 0 Å². The van der Waals surface area contributed by atoms with Crippen molar-refractivity contribution >= 4 is 21.9 Å². The SMILES string of the molecule is CC(N)CCNc1ncc(Br)cn1. The van der Waals surface area contributed by atoms with Crippen molar-refractivity contribution < 1.29 is 0 Å². The molecule has 5 heteroatoms. The zero-order valence-electron chi connectivity index (χ0n) is 7.50. The van der Waals surface area contributed by atoms with Gasteiger partial charge in [-0.25, -0.2) is 9.97 Å². The maximum absolute atomic E-state index is 5.59. The highest BCUT2D eigenvalue weighted by Gasteiger charge is 1.96. The van der Waals surface area contributed by atoms with E-state index in [0.717, 1.165) is 17.4 Å². The molecule has 0 aromatic carbocycles. The van der Waals surface area contributed by atoms with Crippen LogP contribution in [0.5, 0.6) is 0 Å². The third kappa shape index (κ3) is 4.19. The van der Waals surface area contributed by atoms with E-state index in [1.54, 1.807) is 12.4 Å². The molecule has 0 amide bonds. The third-order valence-electron chi connectivity index (χ3n) is 1.50. The maximum atomic E-state index is 5.59. The van der Waals surface area contributed by atoms with Gasteiger partial charge >= 0.3 is 0 Å². The standard InChI is InChI=1S/C8H13BrN4/c1-6(10)2-3-11-8-12-4-7(9)5-13-8/h4-6H,2-3,10H2,1H3,(H,11,12,13). The lowest BCUT2D eigenvalue weighted by molar-refractivity contribution is 0.688. The van der Waals surface area contributed by atoms with Crippen molar-refractivity contribution in [3.8, 4) is 0 Å². The van der Waals surface area contributed by atoms with Gasteiger partial charge in [0.15, 0.2) is 0 Å². The molecule has 0 aliphatic rings. The van der Waals surface area contributed by atoms with Crippen molar-refractivity contribution in [1.82, 2.24) is 9.97 Å². The summed E-state index contributed by atoms with van der Waals surface area (Å²) >= 11 is 3.26. The molecular formula is C8H13BrN4. The van der Waals surface area contributed by atoms with Gasteiger partial charge in [-0.1, -0.05) is 0 Å². The molecule has 0 fully saturated rings. The fraction of sp³-hybridized carbons (Fsp3) is 0.500. The summed E-state index contributed by atoms with van der Waals surface area (Å²) in [5, 5.41) is 3.08. The predicted octanol–water partition coefficient (Wildman–Crippen LogP) is 1.39. The molecule has 0 saturated heterocycles. The van der Waals surface area contributed by atoms with Gasteiger partial charge in [-0.2, -0.15) is 0 Å². The number of anilines is 1. The van der Waals surface area contributed by atoms with E-state index in [0.29, 0.717) is 5.95 Å². The Bertz CT molecular complexity index is 247. The Balaban J connectivity index is 2.33. The molecule has 1 rings (SSSR count). The normalized spacial score (nSPS) is 12.5. The van der Waals surface area contributed by atoms with Crippen LogP contribution < -0.4 is 11.1 Å². The van der Waals surface area contributed by atoms with Crippen LogP contribution in [0.15, 0.2) is 16.9 Å². The van der Waals surface area contributed by atoms with Crippen LogP contribution in [0.4, 0.5) is 5.95 Å². The fourth-order valence-electron chi connectivity index (χ4n) is 0.815. The van der Waals surface area contributed by atoms with Crippen molar-refractivity contribution in [1.29, 1.82) is 0 Å². The summed E-state index contributed by atoms with van der Waals surface area (Å²) in [5.74, 6) is 0.642. The predicted molar refractivity (Wildman–Crippen MR) is 56.5 cm³/mol. The average molecular weight is 245 g/mol. The van der Waals surface area contributed by atoms with Gasteiger partial charge in [0.2, 0.25) is 5.95 Å². The first-order valence-electron chi connectivity index (χ1n) is 4.15. The molecule has 1 unspecified atom stereocenters. The molecule has 0 saturated carbocycles. The molecule has 0 radical (unpaired) electrons. The number of nitrogens with two attached hydrogens (primary N) is 1. The van der Waals surface area contributed by atoms with Crippen molar-refractivity contribution in [3.63, 3.8) is 0 Å². The van der Waals surface area contributed by atoms with Crippen LogP contribution in [-0.4, -0.2) is 22.6 Å². The van der Waals surface area contributed by atoms with Gasteiger partial charge in [-0.15, -0.1) is 0 Å². The van der Waals surface area contributed by atoms with Crippen LogP contribution in [-0.2, 0) is 0 Å². The Kier molecular flexibility index (Phi) is 4.11. The molecule has 1 aromatic rings. The topological polar surface area (TPSA) is 63.8 Å². The van der Waals surface area contributed by atoms with E-state index in [9.17, 15) is 0 Å². The first kappa shape index (κ1) is 10.4. The Morgan fingerprint density at radius 3 is 2.69 bits per heavy atom. The van der Waals surface area contributed by atoms with Gasteiger partial charge < -0.3 is 11.1 Å². The molecule has 0 aliphatic heterocycles. The van der Waals surface area contributed by atoms with Crippen LogP contribution in [0.2, 0.25) is 0 Å². The Morgan fingerprint density at radius 1 is 1.54 bits per heavy atom. The molecule has 3 N–H and O–H groups in total. The molecule has 0 aliphatic carbocycles. The molecular weight excluding hydrogens is 232 g/mol. The smallest absolute Gasteiger partial charge is 0.222 e. The number of rotatable bonds is 4. The van der Waals surface area contributed by atoms with Crippen molar-refractivity contribution in [2.45, 2.75) is 19.4 Å². The number of aromatic nitrogens is 2. The van der Waals surface area contributed by atoms with Crippen molar-refractivity contribution in [3.05, 3.63) is 16.9 Å². The molecule has 1 aromatic heterocycles. The molecule has 72 valence electrons. The van der Waals surface area contributed by atoms with Gasteiger partial charge in [0.05, 0.1) is 4.47 Å². The minimum Gasteiger partial charge on any atom is -0.354 e. The van der Waals surface area contributed by atoms with E-state index in [-0.39, 0.29) is 6.04 Å². The minimum absolute atomic E-state index is 0.211. The largest absolute Gasteiger partial charge is 0.354 e. The minimum atomic E-state index is 0.211. The zero-order valence-corrected chi connectivity index (χ0v) is 9.08. The van der Waals surface area contributed by atoms with Crippen LogP contribution in [0.25, 0.3) is 0 Å². The average Bonchev–Trinajstić information content (AvgIpc) is 2.08. The molecule has 1 atom stereocenters. The van der Waals surface area contributed by atoms with Crippen molar-refractivity contribution in [2.75, 3.05) is 11.9 Å². The second kappa shape index (κ2) is 5.14. The molecule has 13 heavy (non-hydrogen) atoms. The fourth-order valence-corrected chi connectivity index (χ4v) is 1.02. The summed E-state index contributed by atoms with van der Waals surface area (Å²) in [5.41, 5.74) is 5.59. The Hall–Kier alpha value is -0.680. The highest BCUT2D eigenvalue weighted by Crippen LogP contribution is 2.06. The highest BCUT2D eigenvalue weighted by atomic mass is 79.9. The van der Waals surface area contributed by atoms with Gasteiger partial charge in [-0.3, -0.25) is 0 Å². The molecule has 1 heterocycles. The maximum Gasteiger partial charge on any atom is 0.222 e. The van der Waals surface area contributed by atoms with Crippen molar-refractivity contribution in [2.24, 2.45) is 5.73 Å². The number of hydrogen-bond donors (Lipinski definition) is 2. The van der Waals surface area contributed by atoms with E-state index < -0.39 is 0 Å². The van der Waals surface area contributed by atoms with E-state index in [2.05, 4.69) is 31.2 Å². The highest BCUT2D eigenvalue weighted by molar-refractivity contribution is 9.10. The first-order chi connectivity index (χ1) is 6.18. The summed E-state index contributed by atoms with van der Waals surface area (Å²) in [6.07, 6.45) is 4.34. The van der Waals surface area contributed by atoms with Gasteiger partial charge in [0.1, 0.15) is 0 Å². The van der Waals surface area contributed by atoms with E-state index in [4.69, 9.17) is 5.73 Å². The molecule has 0 spiro atoms. The molecule has 4 nitrogen and oxygen atoms in total. The number of nitrogens with zero attached hydrogens (tertiary/aromatic N) is 2. The lowest BCUT2D eigenvalue weighted by atomic mass is 10.2. The second-order valence-corrected chi connectivity index (χ2v) is 3.83. The number of halogens is 1. The van der Waals surface area contributed by atoms with E-state index >= 15 is 0 Å². The van der Waals surface area contributed by atoms with Crippen LogP contribution in [0.3, 0.4) is 0 Å².